The van der Waals surface area contributed by atoms with Gasteiger partial charge in [0.2, 0.25) is 0 Å². The highest BCUT2D eigenvalue weighted by molar-refractivity contribution is 7.13. The molecule has 0 radical (unpaired) electrons. The summed E-state index contributed by atoms with van der Waals surface area (Å²) >= 11 is 1.30. The monoisotopic (exact) mass is 349 g/mol. The average molecular weight is 349 g/mol. The predicted octanol–water partition coefficient (Wildman–Crippen LogP) is 1.19. The van der Waals surface area contributed by atoms with E-state index < -0.39 is 11.5 Å². The highest BCUT2D eigenvalue weighted by Gasteiger charge is 2.21. The number of anilines is 1. The number of nitrogens with zero attached hydrogens (tertiary/aromatic N) is 2. The van der Waals surface area contributed by atoms with Gasteiger partial charge in [-0.3, -0.25) is 9.59 Å². The van der Waals surface area contributed by atoms with Crippen molar-refractivity contribution in [1.82, 2.24) is 20.3 Å². The molecule has 3 rings (SSSR count). The number of nitrogens with two attached hydrogens (primary N) is 1. The summed E-state index contributed by atoms with van der Waals surface area (Å²) in [5, 5.41) is 4.95. The number of nitrogen functional groups attached to an aromatic ring is 1. The number of carbonyl (C=O) groups excluding carboxylic acids is 1. The zero-order chi connectivity index (χ0) is 17.1. The van der Waals surface area contributed by atoms with Crippen LogP contribution in [0.5, 0.6) is 0 Å². The lowest BCUT2D eigenvalue weighted by Crippen LogP contribution is -2.33. The number of carbonyl (C=O) groups is 1. The molecule has 0 bridgehead atoms. The summed E-state index contributed by atoms with van der Waals surface area (Å²) in [4.78, 5) is 35.6. The van der Waals surface area contributed by atoms with E-state index in [2.05, 4.69) is 20.3 Å². The number of rotatable bonds is 4. The summed E-state index contributed by atoms with van der Waals surface area (Å²) in [5.74, 6) is 0.294. The molecule has 128 valence electrons. The molecular formula is C15H19N5O3S. The zero-order valence-electron chi connectivity index (χ0n) is 13.2. The summed E-state index contributed by atoms with van der Waals surface area (Å²) in [6.07, 6.45) is 2.97. The first-order valence-corrected chi connectivity index (χ1v) is 8.61. The molecule has 8 nitrogen and oxygen atoms in total. The first-order chi connectivity index (χ1) is 11.5. The number of aromatic nitrogens is 3. The Morgan fingerprint density at radius 1 is 1.50 bits per heavy atom. The molecule has 1 amide bonds. The number of amides is 1. The second-order valence-electron chi connectivity index (χ2n) is 5.70. The van der Waals surface area contributed by atoms with E-state index in [4.69, 9.17) is 10.5 Å². The molecule has 24 heavy (non-hydrogen) atoms. The van der Waals surface area contributed by atoms with Gasteiger partial charge < -0.3 is 20.8 Å². The quantitative estimate of drug-likeness (QED) is 0.762. The van der Waals surface area contributed by atoms with Crippen LogP contribution in [-0.2, 0) is 4.74 Å². The number of aromatic amines is 1. The average Bonchev–Trinajstić information content (AvgIpc) is 3.02. The van der Waals surface area contributed by atoms with E-state index in [1.165, 1.54) is 17.5 Å². The van der Waals surface area contributed by atoms with E-state index in [0.717, 1.165) is 12.8 Å². The second-order valence-corrected chi connectivity index (χ2v) is 6.59. The molecule has 2 aromatic rings. The number of H-pyrrole nitrogens is 1. The molecule has 2 aromatic heterocycles. The fourth-order valence-corrected chi connectivity index (χ4v) is 3.25. The Labute approximate surface area is 142 Å². The molecule has 1 aliphatic rings. The lowest BCUT2D eigenvalue weighted by Gasteiger charge is -2.21. The smallest absolute Gasteiger partial charge is 0.263 e. The molecule has 9 heteroatoms. The summed E-state index contributed by atoms with van der Waals surface area (Å²) in [5.41, 5.74) is 5.80. The van der Waals surface area contributed by atoms with Crippen molar-refractivity contribution in [1.29, 1.82) is 0 Å². The van der Waals surface area contributed by atoms with Gasteiger partial charge in [-0.1, -0.05) is 0 Å². The third-order valence-electron chi connectivity index (χ3n) is 4.00. The SMILES string of the molecule is CC(NC(=O)c1cnc(C2CCOCC2)[nH]c1=O)c1csc(N)n1. The molecule has 4 N–H and O–H groups in total. The Bertz CT molecular complexity index is 781. The van der Waals surface area contributed by atoms with Crippen molar-refractivity contribution in [3.05, 3.63) is 39.0 Å². The van der Waals surface area contributed by atoms with Gasteiger partial charge in [0.15, 0.2) is 5.13 Å². The van der Waals surface area contributed by atoms with Crippen LogP contribution in [0.15, 0.2) is 16.4 Å². The summed E-state index contributed by atoms with van der Waals surface area (Å²) in [6, 6.07) is -0.347. The first kappa shape index (κ1) is 16.6. The van der Waals surface area contributed by atoms with Crippen molar-refractivity contribution in [2.24, 2.45) is 0 Å². The third-order valence-corrected chi connectivity index (χ3v) is 4.69. The van der Waals surface area contributed by atoms with E-state index in [0.29, 0.717) is 29.9 Å². The predicted molar refractivity (Wildman–Crippen MR) is 90.1 cm³/mol. The highest BCUT2D eigenvalue weighted by atomic mass is 32.1. The van der Waals surface area contributed by atoms with E-state index in [-0.39, 0.29) is 17.5 Å². The second kappa shape index (κ2) is 7.10. The minimum absolute atomic E-state index is 0.0131. The molecule has 1 saturated heterocycles. The number of thiazole rings is 1. The van der Waals surface area contributed by atoms with Gasteiger partial charge in [0.25, 0.3) is 11.5 Å². The minimum Gasteiger partial charge on any atom is -0.381 e. The maximum Gasteiger partial charge on any atom is 0.263 e. The molecule has 1 atom stereocenters. The van der Waals surface area contributed by atoms with E-state index in [1.807, 2.05) is 0 Å². The maximum absolute atomic E-state index is 12.3. The normalized spacial score (nSPS) is 16.7. The fourth-order valence-electron chi connectivity index (χ4n) is 2.60. The van der Waals surface area contributed by atoms with Crippen molar-refractivity contribution in [2.45, 2.75) is 31.7 Å². The molecular weight excluding hydrogens is 330 g/mol. The molecule has 0 spiro atoms. The Morgan fingerprint density at radius 2 is 2.25 bits per heavy atom. The standard InChI is InChI=1S/C15H19N5O3S/c1-8(11-7-24-15(16)19-11)18-13(21)10-6-17-12(20-14(10)22)9-2-4-23-5-3-9/h6-9H,2-5H2,1H3,(H2,16,19)(H,18,21)(H,17,20,22). The Hall–Kier alpha value is -2.26. The Kier molecular flexibility index (Phi) is 4.91. The van der Waals surface area contributed by atoms with E-state index in [1.54, 1.807) is 12.3 Å². The number of nitrogens with one attached hydrogen (secondary N) is 2. The van der Waals surface area contributed by atoms with Crippen LogP contribution in [0.1, 0.15) is 53.6 Å². The maximum atomic E-state index is 12.3. The van der Waals surface area contributed by atoms with Gasteiger partial charge in [-0.25, -0.2) is 9.97 Å². The first-order valence-electron chi connectivity index (χ1n) is 7.73. The number of hydrogen-bond acceptors (Lipinski definition) is 7. The summed E-state index contributed by atoms with van der Waals surface area (Å²) in [7, 11) is 0. The third kappa shape index (κ3) is 3.62. The lowest BCUT2D eigenvalue weighted by molar-refractivity contribution is 0.0834. The van der Waals surface area contributed by atoms with Gasteiger partial charge in [-0.2, -0.15) is 0 Å². The molecule has 0 saturated carbocycles. The number of ether oxygens (including phenoxy) is 1. The van der Waals surface area contributed by atoms with Gasteiger partial charge in [-0.15, -0.1) is 11.3 Å². The number of hydrogen-bond donors (Lipinski definition) is 3. The lowest BCUT2D eigenvalue weighted by atomic mass is 9.99. The van der Waals surface area contributed by atoms with Crippen molar-refractivity contribution < 1.29 is 9.53 Å². The summed E-state index contributed by atoms with van der Waals surface area (Å²) in [6.45, 7) is 3.10. The molecule has 3 heterocycles. The van der Waals surface area contributed by atoms with Crippen LogP contribution in [-0.4, -0.2) is 34.1 Å². The van der Waals surface area contributed by atoms with Gasteiger partial charge in [0.1, 0.15) is 11.4 Å². The largest absolute Gasteiger partial charge is 0.381 e. The van der Waals surface area contributed by atoms with Crippen molar-refractivity contribution in [3.63, 3.8) is 0 Å². The molecule has 1 aliphatic heterocycles. The van der Waals surface area contributed by atoms with E-state index >= 15 is 0 Å². The van der Waals surface area contributed by atoms with Crippen LogP contribution in [0.4, 0.5) is 5.13 Å². The van der Waals surface area contributed by atoms with Crippen LogP contribution in [0.2, 0.25) is 0 Å². The minimum atomic E-state index is -0.485. The fraction of sp³-hybridized carbons (Fsp3) is 0.467. The van der Waals surface area contributed by atoms with Gasteiger partial charge in [0.05, 0.1) is 11.7 Å². The topological polar surface area (TPSA) is 123 Å². The molecule has 0 aromatic carbocycles. The highest BCUT2D eigenvalue weighted by Crippen LogP contribution is 2.23. The van der Waals surface area contributed by atoms with Crippen molar-refractivity contribution >= 4 is 22.4 Å². The van der Waals surface area contributed by atoms with Crippen LogP contribution >= 0.6 is 11.3 Å². The summed E-state index contributed by atoms with van der Waals surface area (Å²) < 4.78 is 5.30. The van der Waals surface area contributed by atoms with Crippen molar-refractivity contribution in [2.75, 3.05) is 18.9 Å². The van der Waals surface area contributed by atoms with Gasteiger partial charge in [-0.05, 0) is 19.8 Å². The van der Waals surface area contributed by atoms with Crippen LogP contribution < -0.4 is 16.6 Å². The molecule has 1 fully saturated rings. The van der Waals surface area contributed by atoms with Gasteiger partial charge >= 0.3 is 0 Å². The zero-order valence-corrected chi connectivity index (χ0v) is 14.1. The van der Waals surface area contributed by atoms with E-state index in [9.17, 15) is 9.59 Å². The van der Waals surface area contributed by atoms with Gasteiger partial charge in [0, 0.05) is 30.7 Å². The van der Waals surface area contributed by atoms with Crippen molar-refractivity contribution in [3.8, 4) is 0 Å². The molecule has 0 aliphatic carbocycles. The Balaban J connectivity index is 1.71. The Morgan fingerprint density at radius 3 is 2.88 bits per heavy atom. The van der Waals surface area contributed by atoms with Crippen LogP contribution in [0.25, 0.3) is 0 Å². The van der Waals surface area contributed by atoms with Crippen LogP contribution in [0, 0.1) is 0 Å². The molecule has 1 unspecified atom stereocenters. The van der Waals surface area contributed by atoms with Crippen LogP contribution in [0.3, 0.4) is 0 Å².